The highest BCUT2D eigenvalue weighted by atomic mass is 19.1. The van der Waals surface area contributed by atoms with E-state index in [1.54, 1.807) is 43.3 Å². The van der Waals surface area contributed by atoms with E-state index < -0.39 is 24.3 Å². The van der Waals surface area contributed by atoms with Crippen molar-refractivity contribution in [3.8, 4) is 0 Å². The Labute approximate surface area is 121 Å². The minimum absolute atomic E-state index is 0.357. The van der Waals surface area contributed by atoms with Gasteiger partial charge < -0.3 is 10.1 Å². The van der Waals surface area contributed by atoms with Crippen LogP contribution in [0, 0.1) is 12.7 Å². The lowest BCUT2D eigenvalue weighted by atomic mass is 10.2. The summed E-state index contributed by atoms with van der Waals surface area (Å²) in [5, 5.41) is 2.50. The van der Waals surface area contributed by atoms with E-state index in [1.807, 2.05) is 0 Å². The molecule has 0 aliphatic heterocycles. The predicted molar refractivity (Wildman–Crippen MR) is 76.5 cm³/mol. The van der Waals surface area contributed by atoms with E-state index in [2.05, 4.69) is 5.32 Å². The number of halogens is 1. The number of carbonyl (C=O) groups excluding carboxylic acids is 2. The van der Waals surface area contributed by atoms with Gasteiger partial charge in [-0.05, 0) is 36.8 Å². The second-order valence-electron chi connectivity index (χ2n) is 4.45. The van der Waals surface area contributed by atoms with Crippen molar-refractivity contribution in [2.24, 2.45) is 0 Å². The van der Waals surface area contributed by atoms with Gasteiger partial charge in [0.05, 0.1) is 5.56 Å². The van der Waals surface area contributed by atoms with E-state index >= 15 is 0 Å². The average molecular weight is 287 g/mol. The molecular weight excluding hydrogens is 273 g/mol. The van der Waals surface area contributed by atoms with Crippen molar-refractivity contribution in [1.29, 1.82) is 0 Å². The average Bonchev–Trinajstić information content (AvgIpc) is 2.49. The van der Waals surface area contributed by atoms with Gasteiger partial charge in [0, 0.05) is 5.69 Å². The zero-order valence-electron chi connectivity index (χ0n) is 11.4. The van der Waals surface area contributed by atoms with Gasteiger partial charge in [-0.1, -0.05) is 24.3 Å². The minimum Gasteiger partial charge on any atom is -0.452 e. The second kappa shape index (κ2) is 6.65. The SMILES string of the molecule is Cc1ccc(F)cc1NC(=O)COC(=O)c1ccccc1. The summed E-state index contributed by atoms with van der Waals surface area (Å²) in [6.07, 6.45) is 0. The molecule has 0 saturated carbocycles. The maximum atomic E-state index is 13.1. The van der Waals surface area contributed by atoms with E-state index in [0.29, 0.717) is 11.3 Å². The zero-order valence-corrected chi connectivity index (χ0v) is 11.4. The van der Waals surface area contributed by atoms with Crippen LogP contribution in [0.1, 0.15) is 15.9 Å². The van der Waals surface area contributed by atoms with E-state index in [1.165, 1.54) is 12.1 Å². The number of benzene rings is 2. The number of rotatable bonds is 4. The summed E-state index contributed by atoms with van der Waals surface area (Å²) in [5.74, 6) is -1.55. The summed E-state index contributed by atoms with van der Waals surface area (Å²) in [5.41, 5.74) is 1.45. The molecule has 0 saturated heterocycles. The van der Waals surface area contributed by atoms with Crippen molar-refractivity contribution in [2.75, 3.05) is 11.9 Å². The molecule has 0 aliphatic rings. The van der Waals surface area contributed by atoms with E-state index in [9.17, 15) is 14.0 Å². The van der Waals surface area contributed by atoms with E-state index in [0.717, 1.165) is 5.56 Å². The number of esters is 1. The number of amides is 1. The Bertz CT molecular complexity index is 656. The number of nitrogens with one attached hydrogen (secondary N) is 1. The molecule has 0 radical (unpaired) electrons. The van der Waals surface area contributed by atoms with E-state index in [4.69, 9.17) is 4.74 Å². The lowest BCUT2D eigenvalue weighted by Gasteiger charge is -2.09. The third-order valence-electron chi connectivity index (χ3n) is 2.82. The standard InChI is InChI=1S/C16H14FNO3/c1-11-7-8-13(17)9-14(11)18-15(19)10-21-16(20)12-5-3-2-4-6-12/h2-9H,10H2,1H3,(H,18,19). The molecule has 2 rings (SSSR count). The molecule has 0 atom stereocenters. The van der Waals surface area contributed by atoms with Crippen LogP contribution in [0.2, 0.25) is 0 Å². The highest BCUT2D eigenvalue weighted by molar-refractivity contribution is 5.95. The monoisotopic (exact) mass is 287 g/mol. The minimum atomic E-state index is -0.582. The van der Waals surface area contributed by atoms with Crippen LogP contribution in [0.15, 0.2) is 48.5 Å². The van der Waals surface area contributed by atoms with Crippen molar-refractivity contribution in [3.63, 3.8) is 0 Å². The van der Waals surface area contributed by atoms with Gasteiger partial charge in [-0.2, -0.15) is 0 Å². The lowest BCUT2D eigenvalue weighted by molar-refractivity contribution is -0.119. The van der Waals surface area contributed by atoms with Gasteiger partial charge >= 0.3 is 5.97 Å². The van der Waals surface area contributed by atoms with Gasteiger partial charge in [0.25, 0.3) is 5.91 Å². The van der Waals surface area contributed by atoms with Crippen molar-refractivity contribution >= 4 is 17.6 Å². The van der Waals surface area contributed by atoms with Crippen LogP contribution >= 0.6 is 0 Å². The van der Waals surface area contributed by atoms with Gasteiger partial charge in [-0.15, -0.1) is 0 Å². The Balaban J connectivity index is 1.91. The number of carbonyl (C=O) groups is 2. The molecule has 2 aromatic carbocycles. The number of ether oxygens (including phenoxy) is 1. The van der Waals surface area contributed by atoms with Crippen LogP contribution in [0.4, 0.5) is 10.1 Å². The van der Waals surface area contributed by atoms with Gasteiger partial charge in [0.15, 0.2) is 6.61 Å². The van der Waals surface area contributed by atoms with Crippen molar-refractivity contribution < 1.29 is 18.7 Å². The Morgan fingerprint density at radius 1 is 1.14 bits per heavy atom. The molecule has 0 heterocycles. The molecule has 0 fully saturated rings. The van der Waals surface area contributed by atoms with Crippen molar-refractivity contribution in [1.82, 2.24) is 0 Å². The fourth-order valence-corrected chi connectivity index (χ4v) is 1.70. The number of aryl methyl sites for hydroxylation is 1. The Morgan fingerprint density at radius 3 is 2.57 bits per heavy atom. The number of hydrogen-bond donors (Lipinski definition) is 1. The van der Waals surface area contributed by atoms with Crippen molar-refractivity contribution in [3.05, 3.63) is 65.5 Å². The summed E-state index contributed by atoms with van der Waals surface area (Å²) < 4.78 is 18.0. The van der Waals surface area contributed by atoms with Gasteiger partial charge in [-0.3, -0.25) is 4.79 Å². The van der Waals surface area contributed by atoms with Crippen LogP contribution in [0.25, 0.3) is 0 Å². The third kappa shape index (κ3) is 4.14. The van der Waals surface area contributed by atoms with Crippen LogP contribution in [0.5, 0.6) is 0 Å². The molecule has 2 aromatic rings. The fourth-order valence-electron chi connectivity index (χ4n) is 1.70. The van der Waals surface area contributed by atoms with Crippen LogP contribution in [-0.2, 0) is 9.53 Å². The first-order chi connectivity index (χ1) is 10.1. The molecule has 0 aliphatic carbocycles. The Morgan fingerprint density at radius 2 is 1.86 bits per heavy atom. The normalized spacial score (nSPS) is 10.0. The summed E-state index contributed by atoms with van der Waals surface area (Å²) in [6, 6.07) is 12.4. The topological polar surface area (TPSA) is 55.4 Å². The summed E-state index contributed by atoms with van der Waals surface area (Å²) in [4.78, 5) is 23.4. The molecule has 108 valence electrons. The largest absolute Gasteiger partial charge is 0.452 e. The molecule has 1 N–H and O–H groups in total. The second-order valence-corrected chi connectivity index (χ2v) is 4.45. The number of hydrogen-bond acceptors (Lipinski definition) is 3. The van der Waals surface area contributed by atoms with Gasteiger partial charge in [0.2, 0.25) is 0 Å². The zero-order chi connectivity index (χ0) is 15.2. The van der Waals surface area contributed by atoms with E-state index in [-0.39, 0.29) is 0 Å². The van der Waals surface area contributed by atoms with Crippen LogP contribution < -0.4 is 5.32 Å². The van der Waals surface area contributed by atoms with Gasteiger partial charge in [0.1, 0.15) is 5.82 Å². The van der Waals surface area contributed by atoms with Crippen LogP contribution in [-0.4, -0.2) is 18.5 Å². The molecule has 21 heavy (non-hydrogen) atoms. The lowest BCUT2D eigenvalue weighted by Crippen LogP contribution is -2.21. The predicted octanol–water partition coefficient (Wildman–Crippen LogP) is 2.93. The summed E-state index contributed by atoms with van der Waals surface area (Å²) in [7, 11) is 0. The maximum Gasteiger partial charge on any atom is 0.338 e. The molecule has 0 bridgehead atoms. The highest BCUT2D eigenvalue weighted by Gasteiger charge is 2.11. The third-order valence-corrected chi connectivity index (χ3v) is 2.82. The smallest absolute Gasteiger partial charge is 0.338 e. The molecule has 0 aromatic heterocycles. The maximum absolute atomic E-state index is 13.1. The molecule has 0 unspecified atom stereocenters. The first kappa shape index (κ1) is 14.7. The quantitative estimate of drug-likeness (QED) is 0.880. The Hall–Kier alpha value is -2.69. The van der Waals surface area contributed by atoms with Crippen molar-refractivity contribution in [2.45, 2.75) is 6.92 Å². The number of anilines is 1. The molecule has 1 amide bonds. The fraction of sp³-hybridized carbons (Fsp3) is 0.125. The summed E-state index contributed by atoms with van der Waals surface area (Å²) >= 11 is 0. The molecule has 5 heteroatoms. The summed E-state index contributed by atoms with van der Waals surface area (Å²) in [6.45, 7) is 1.31. The molecule has 4 nitrogen and oxygen atoms in total. The van der Waals surface area contributed by atoms with Crippen LogP contribution in [0.3, 0.4) is 0 Å². The Kier molecular flexibility index (Phi) is 4.66. The highest BCUT2D eigenvalue weighted by Crippen LogP contribution is 2.15. The first-order valence-corrected chi connectivity index (χ1v) is 6.34. The van der Waals surface area contributed by atoms with Gasteiger partial charge in [-0.25, -0.2) is 9.18 Å². The molecule has 0 spiro atoms. The molecular formula is C16H14FNO3. The first-order valence-electron chi connectivity index (χ1n) is 6.34.